The van der Waals surface area contributed by atoms with Gasteiger partial charge in [-0.2, -0.15) is 0 Å². The second-order valence-electron chi connectivity index (χ2n) is 4.67. The summed E-state index contributed by atoms with van der Waals surface area (Å²) in [6.07, 6.45) is 0.755. The van der Waals surface area contributed by atoms with Crippen molar-refractivity contribution in [2.24, 2.45) is 5.92 Å². The molecule has 1 aromatic carbocycles. The molecule has 0 saturated carbocycles. The van der Waals surface area contributed by atoms with E-state index in [2.05, 4.69) is 21.2 Å². The number of methoxy groups -OCH3 is 1. The fourth-order valence-corrected chi connectivity index (χ4v) is 2.12. The molecule has 0 aliphatic heterocycles. The van der Waals surface area contributed by atoms with Crippen molar-refractivity contribution >= 4 is 27.8 Å². The van der Waals surface area contributed by atoms with Crippen LogP contribution in [0.15, 0.2) is 28.7 Å². The van der Waals surface area contributed by atoms with Crippen LogP contribution in [0.3, 0.4) is 0 Å². The molecule has 0 aromatic heterocycles. The molecule has 1 rings (SSSR count). The quantitative estimate of drug-likeness (QED) is 0.761. The van der Waals surface area contributed by atoms with Gasteiger partial charge in [-0.25, -0.2) is 4.79 Å². The van der Waals surface area contributed by atoms with Gasteiger partial charge in [0.1, 0.15) is 11.8 Å². The van der Waals surface area contributed by atoms with E-state index in [0.717, 1.165) is 10.9 Å². The molecular weight excluding hydrogens is 338 g/mol. The number of amides is 1. The molecule has 116 valence electrons. The number of esters is 1. The highest BCUT2D eigenvalue weighted by molar-refractivity contribution is 9.10. The van der Waals surface area contributed by atoms with Crippen LogP contribution < -0.4 is 10.1 Å². The molecule has 0 aliphatic carbocycles. The summed E-state index contributed by atoms with van der Waals surface area (Å²) in [5, 5.41) is 2.65. The summed E-state index contributed by atoms with van der Waals surface area (Å²) in [7, 11) is 1.31. The van der Waals surface area contributed by atoms with Crippen LogP contribution in [0.1, 0.15) is 20.3 Å². The Morgan fingerprint density at radius 3 is 2.57 bits per heavy atom. The second-order valence-corrected chi connectivity index (χ2v) is 5.53. The smallest absolute Gasteiger partial charge is 0.328 e. The van der Waals surface area contributed by atoms with E-state index in [1.807, 2.05) is 32.0 Å². The maximum atomic E-state index is 11.9. The number of benzene rings is 1. The SMILES string of the molecule is CC[C@@H](C)[C@@H](NC(=O)COc1ccccc1Br)C(=O)OC. The molecule has 0 fully saturated rings. The van der Waals surface area contributed by atoms with Crippen molar-refractivity contribution in [2.75, 3.05) is 13.7 Å². The van der Waals surface area contributed by atoms with Crippen molar-refractivity contribution in [3.05, 3.63) is 28.7 Å². The number of halogens is 1. The number of hydrogen-bond acceptors (Lipinski definition) is 4. The van der Waals surface area contributed by atoms with E-state index in [-0.39, 0.29) is 18.4 Å². The predicted molar refractivity (Wildman–Crippen MR) is 83.0 cm³/mol. The Kier molecular flexibility index (Phi) is 7.22. The van der Waals surface area contributed by atoms with Gasteiger partial charge in [0.05, 0.1) is 11.6 Å². The largest absolute Gasteiger partial charge is 0.483 e. The van der Waals surface area contributed by atoms with E-state index in [1.165, 1.54) is 7.11 Å². The Morgan fingerprint density at radius 1 is 1.33 bits per heavy atom. The molecule has 1 N–H and O–H groups in total. The van der Waals surface area contributed by atoms with Crippen LogP contribution >= 0.6 is 15.9 Å². The fraction of sp³-hybridized carbons (Fsp3) is 0.467. The fourth-order valence-electron chi connectivity index (χ4n) is 1.72. The Morgan fingerprint density at radius 2 is 2.00 bits per heavy atom. The summed E-state index contributed by atoms with van der Waals surface area (Å²) in [6.45, 7) is 3.67. The zero-order valence-electron chi connectivity index (χ0n) is 12.4. The lowest BCUT2D eigenvalue weighted by Gasteiger charge is -2.21. The Bertz CT molecular complexity index is 492. The minimum Gasteiger partial charge on any atom is -0.483 e. The third-order valence-electron chi connectivity index (χ3n) is 3.18. The zero-order valence-corrected chi connectivity index (χ0v) is 14.0. The second kappa shape index (κ2) is 8.67. The van der Waals surface area contributed by atoms with Gasteiger partial charge in [0.2, 0.25) is 0 Å². The molecule has 0 heterocycles. The van der Waals surface area contributed by atoms with Crippen molar-refractivity contribution in [1.29, 1.82) is 0 Å². The topological polar surface area (TPSA) is 64.6 Å². The summed E-state index contributed by atoms with van der Waals surface area (Å²) in [5.74, 6) is -0.240. The molecule has 0 saturated heterocycles. The Labute approximate surface area is 133 Å². The van der Waals surface area contributed by atoms with E-state index < -0.39 is 12.0 Å². The zero-order chi connectivity index (χ0) is 15.8. The maximum Gasteiger partial charge on any atom is 0.328 e. The van der Waals surface area contributed by atoms with Crippen LogP contribution in [0.5, 0.6) is 5.75 Å². The number of carbonyl (C=O) groups is 2. The number of rotatable bonds is 7. The van der Waals surface area contributed by atoms with Crippen LogP contribution in [0.4, 0.5) is 0 Å². The van der Waals surface area contributed by atoms with Gasteiger partial charge in [0.25, 0.3) is 5.91 Å². The first kappa shape index (κ1) is 17.5. The first-order chi connectivity index (χ1) is 9.99. The number of para-hydroxylation sites is 1. The lowest BCUT2D eigenvalue weighted by atomic mass is 9.99. The maximum absolute atomic E-state index is 11.9. The molecule has 0 radical (unpaired) electrons. The summed E-state index contributed by atoms with van der Waals surface area (Å²) in [4.78, 5) is 23.6. The molecule has 0 aliphatic rings. The molecule has 6 heteroatoms. The highest BCUT2D eigenvalue weighted by Crippen LogP contribution is 2.23. The van der Waals surface area contributed by atoms with Gasteiger partial charge in [-0.05, 0) is 34.0 Å². The molecule has 0 unspecified atom stereocenters. The van der Waals surface area contributed by atoms with Gasteiger partial charge in [-0.1, -0.05) is 32.4 Å². The number of carbonyl (C=O) groups excluding carboxylic acids is 2. The van der Waals surface area contributed by atoms with Crippen molar-refractivity contribution in [1.82, 2.24) is 5.32 Å². The van der Waals surface area contributed by atoms with E-state index in [0.29, 0.717) is 5.75 Å². The minimum absolute atomic E-state index is 0.00939. The average molecular weight is 358 g/mol. The third kappa shape index (κ3) is 5.38. The van der Waals surface area contributed by atoms with Crippen LogP contribution in [-0.2, 0) is 14.3 Å². The van der Waals surface area contributed by atoms with E-state index in [4.69, 9.17) is 9.47 Å². The molecule has 1 aromatic rings. The van der Waals surface area contributed by atoms with Gasteiger partial charge in [-0.3, -0.25) is 4.79 Å². The average Bonchev–Trinajstić information content (AvgIpc) is 2.50. The van der Waals surface area contributed by atoms with Gasteiger partial charge in [0.15, 0.2) is 6.61 Å². The normalized spacial score (nSPS) is 13.1. The molecular formula is C15H20BrNO4. The number of hydrogen-bond donors (Lipinski definition) is 1. The minimum atomic E-state index is -0.657. The molecule has 0 spiro atoms. The summed E-state index contributed by atoms with van der Waals surface area (Å²) < 4.78 is 10.9. The summed E-state index contributed by atoms with van der Waals surface area (Å²) in [6, 6.07) is 6.59. The van der Waals surface area contributed by atoms with E-state index in [9.17, 15) is 9.59 Å². The van der Waals surface area contributed by atoms with Crippen LogP contribution in [-0.4, -0.2) is 31.6 Å². The van der Waals surface area contributed by atoms with Crippen LogP contribution in [0, 0.1) is 5.92 Å². The van der Waals surface area contributed by atoms with Crippen LogP contribution in [0.25, 0.3) is 0 Å². The molecule has 0 bridgehead atoms. The van der Waals surface area contributed by atoms with Crippen LogP contribution in [0.2, 0.25) is 0 Å². The lowest BCUT2D eigenvalue weighted by molar-refractivity contribution is -0.146. The van der Waals surface area contributed by atoms with Gasteiger partial charge in [0, 0.05) is 0 Å². The van der Waals surface area contributed by atoms with E-state index in [1.54, 1.807) is 6.07 Å². The third-order valence-corrected chi connectivity index (χ3v) is 3.84. The van der Waals surface area contributed by atoms with Crippen molar-refractivity contribution < 1.29 is 19.1 Å². The summed E-state index contributed by atoms with van der Waals surface area (Å²) >= 11 is 3.34. The predicted octanol–water partition coefficient (Wildman–Crippen LogP) is 2.53. The monoisotopic (exact) mass is 357 g/mol. The first-order valence-electron chi connectivity index (χ1n) is 6.74. The highest BCUT2D eigenvalue weighted by Gasteiger charge is 2.26. The van der Waals surface area contributed by atoms with Crippen molar-refractivity contribution in [3.63, 3.8) is 0 Å². The summed E-state index contributed by atoms with van der Waals surface area (Å²) in [5.41, 5.74) is 0. The highest BCUT2D eigenvalue weighted by atomic mass is 79.9. The van der Waals surface area contributed by atoms with Gasteiger partial charge < -0.3 is 14.8 Å². The number of nitrogens with one attached hydrogen (secondary N) is 1. The van der Waals surface area contributed by atoms with Crippen molar-refractivity contribution in [3.8, 4) is 5.75 Å². The molecule has 5 nitrogen and oxygen atoms in total. The van der Waals surface area contributed by atoms with Gasteiger partial charge in [-0.15, -0.1) is 0 Å². The first-order valence-corrected chi connectivity index (χ1v) is 7.53. The molecule has 2 atom stereocenters. The number of ether oxygens (including phenoxy) is 2. The lowest BCUT2D eigenvalue weighted by Crippen LogP contribution is -2.47. The van der Waals surface area contributed by atoms with Gasteiger partial charge >= 0.3 is 5.97 Å². The Hall–Kier alpha value is -1.56. The molecule has 1 amide bonds. The van der Waals surface area contributed by atoms with Crippen molar-refractivity contribution in [2.45, 2.75) is 26.3 Å². The standard InChI is InChI=1S/C15H20BrNO4/c1-4-10(2)14(15(19)20-3)17-13(18)9-21-12-8-6-5-7-11(12)16/h5-8,10,14H,4,9H2,1-3H3,(H,17,18)/t10-,14-/m1/s1. The Balaban J connectivity index is 2.58. The molecule has 21 heavy (non-hydrogen) atoms. The van der Waals surface area contributed by atoms with E-state index >= 15 is 0 Å².